The third kappa shape index (κ3) is 4.40. The van der Waals surface area contributed by atoms with Crippen LogP contribution in [-0.4, -0.2) is 42.2 Å². The highest BCUT2D eigenvalue weighted by Crippen LogP contribution is 2.13. The van der Waals surface area contributed by atoms with Gasteiger partial charge in [-0.15, -0.1) is 0 Å². The van der Waals surface area contributed by atoms with E-state index in [4.69, 9.17) is 5.73 Å². The molecule has 0 saturated carbocycles. The number of carbonyl (C=O) groups is 1. The van der Waals surface area contributed by atoms with Crippen molar-refractivity contribution in [3.8, 4) is 11.8 Å². The number of rotatable bonds is 3. The SMILES string of the molecule is Cc1ccc(C#CCN)cc1C(=O)N(C)CC(C)O. The van der Waals surface area contributed by atoms with Crippen LogP contribution in [-0.2, 0) is 0 Å². The van der Waals surface area contributed by atoms with E-state index < -0.39 is 6.10 Å². The Hall–Kier alpha value is -1.83. The van der Waals surface area contributed by atoms with Gasteiger partial charge < -0.3 is 15.7 Å². The molecule has 1 rings (SSSR count). The fraction of sp³-hybridized carbons (Fsp3) is 0.400. The minimum Gasteiger partial charge on any atom is -0.392 e. The van der Waals surface area contributed by atoms with Gasteiger partial charge in [0.15, 0.2) is 0 Å². The molecule has 0 spiro atoms. The number of benzene rings is 1. The van der Waals surface area contributed by atoms with Crippen LogP contribution in [0.3, 0.4) is 0 Å². The lowest BCUT2D eigenvalue weighted by molar-refractivity contribution is 0.0703. The molecule has 102 valence electrons. The van der Waals surface area contributed by atoms with Crippen LogP contribution >= 0.6 is 0 Å². The summed E-state index contributed by atoms with van der Waals surface area (Å²) in [7, 11) is 1.67. The molecule has 3 N–H and O–H groups in total. The maximum Gasteiger partial charge on any atom is 0.253 e. The van der Waals surface area contributed by atoms with E-state index in [0.717, 1.165) is 11.1 Å². The second kappa shape index (κ2) is 6.93. The number of aryl methyl sites for hydroxylation is 1. The van der Waals surface area contributed by atoms with Gasteiger partial charge in [-0.2, -0.15) is 0 Å². The van der Waals surface area contributed by atoms with Gasteiger partial charge in [-0.1, -0.05) is 17.9 Å². The van der Waals surface area contributed by atoms with Crippen molar-refractivity contribution in [3.05, 3.63) is 34.9 Å². The first kappa shape index (κ1) is 15.2. The summed E-state index contributed by atoms with van der Waals surface area (Å²) in [6, 6.07) is 5.49. The molecule has 19 heavy (non-hydrogen) atoms. The second-order valence-corrected chi connectivity index (χ2v) is 4.57. The summed E-state index contributed by atoms with van der Waals surface area (Å²) in [6.07, 6.45) is -0.547. The predicted octanol–water partition coefficient (Wildman–Crippen LogP) is 0.758. The molecule has 0 aliphatic carbocycles. The van der Waals surface area contributed by atoms with Crippen molar-refractivity contribution >= 4 is 5.91 Å². The van der Waals surface area contributed by atoms with Gasteiger partial charge in [0.05, 0.1) is 12.6 Å². The molecule has 4 heteroatoms. The molecule has 0 fully saturated rings. The Balaban J connectivity index is 3.01. The Morgan fingerprint density at radius 2 is 2.21 bits per heavy atom. The fourth-order valence-corrected chi connectivity index (χ4v) is 1.77. The number of hydrogen-bond acceptors (Lipinski definition) is 3. The van der Waals surface area contributed by atoms with Crippen molar-refractivity contribution < 1.29 is 9.90 Å². The van der Waals surface area contributed by atoms with Gasteiger partial charge >= 0.3 is 0 Å². The average molecular weight is 260 g/mol. The fourth-order valence-electron chi connectivity index (χ4n) is 1.77. The Morgan fingerprint density at radius 3 is 2.79 bits per heavy atom. The van der Waals surface area contributed by atoms with Gasteiger partial charge in [-0.25, -0.2) is 0 Å². The van der Waals surface area contributed by atoms with E-state index in [0.29, 0.717) is 18.7 Å². The third-order valence-corrected chi connectivity index (χ3v) is 2.69. The van der Waals surface area contributed by atoms with Crippen molar-refractivity contribution in [2.24, 2.45) is 5.73 Å². The molecule has 0 bridgehead atoms. The van der Waals surface area contributed by atoms with Gasteiger partial charge in [0.1, 0.15) is 0 Å². The predicted molar refractivity (Wildman–Crippen MR) is 75.8 cm³/mol. The van der Waals surface area contributed by atoms with E-state index in [1.165, 1.54) is 4.90 Å². The summed E-state index contributed by atoms with van der Waals surface area (Å²) in [4.78, 5) is 13.8. The lowest BCUT2D eigenvalue weighted by Gasteiger charge is -2.20. The zero-order valence-electron chi connectivity index (χ0n) is 11.6. The largest absolute Gasteiger partial charge is 0.392 e. The van der Waals surface area contributed by atoms with Gasteiger partial charge in [0, 0.05) is 24.7 Å². The molecule has 0 saturated heterocycles. The summed E-state index contributed by atoms with van der Waals surface area (Å²) in [5.41, 5.74) is 7.59. The summed E-state index contributed by atoms with van der Waals surface area (Å²) in [6.45, 7) is 4.12. The summed E-state index contributed by atoms with van der Waals surface area (Å²) in [5, 5.41) is 9.33. The molecule has 1 unspecified atom stereocenters. The molecule has 1 atom stereocenters. The maximum absolute atomic E-state index is 12.3. The highest BCUT2D eigenvalue weighted by atomic mass is 16.3. The first-order chi connectivity index (χ1) is 8.95. The van der Waals surface area contributed by atoms with Crippen molar-refractivity contribution in [2.75, 3.05) is 20.1 Å². The van der Waals surface area contributed by atoms with E-state index in [-0.39, 0.29) is 5.91 Å². The average Bonchev–Trinajstić information content (AvgIpc) is 2.36. The molecule has 0 aromatic heterocycles. The molecule has 0 radical (unpaired) electrons. The molecule has 0 heterocycles. The lowest BCUT2D eigenvalue weighted by Crippen LogP contribution is -2.33. The quantitative estimate of drug-likeness (QED) is 0.788. The van der Waals surface area contributed by atoms with E-state index in [9.17, 15) is 9.90 Å². The summed E-state index contributed by atoms with van der Waals surface area (Å²) in [5.74, 6) is 5.56. The number of nitrogens with two attached hydrogens (primary N) is 1. The molecule has 1 aromatic rings. The summed E-state index contributed by atoms with van der Waals surface area (Å²) < 4.78 is 0. The van der Waals surface area contributed by atoms with Gasteiger partial charge in [-0.3, -0.25) is 4.79 Å². The molecule has 1 aromatic carbocycles. The standard InChI is InChI=1S/C15H20N2O2/c1-11-6-7-13(5-4-8-16)9-14(11)15(19)17(3)10-12(2)18/h6-7,9,12,18H,8,10,16H2,1-3H3. The van der Waals surface area contributed by atoms with Crippen molar-refractivity contribution in [3.63, 3.8) is 0 Å². The van der Waals surface area contributed by atoms with Crippen molar-refractivity contribution in [1.29, 1.82) is 0 Å². The molecule has 4 nitrogen and oxygen atoms in total. The number of nitrogens with zero attached hydrogens (tertiary/aromatic N) is 1. The minimum absolute atomic E-state index is 0.116. The number of hydrogen-bond donors (Lipinski definition) is 2. The highest BCUT2D eigenvalue weighted by Gasteiger charge is 2.15. The third-order valence-electron chi connectivity index (χ3n) is 2.69. The monoisotopic (exact) mass is 260 g/mol. The first-order valence-corrected chi connectivity index (χ1v) is 6.18. The molecule has 0 aliphatic heterocycles. The molecule has 0 aliphatic rings. The van der Waals surface area contributed by atoms with Crippen molar-refractivity contribution in [2.45, 2.75) is 20.0 Å². The normalized spacial score (nSPS) is 11.4. The van der Waals surface area contributed by atoms with E-state index >= 15 is 0 Å². The number of likely N-dealkylation sites (N-methyl/N-ethyl adjacent to an activating group) is 1. The minimum atomic E-state index is -0.547. The molecular weight excluding hydrogens is 240 g/mol. The topological polar surface area (TPSA) is 66.6 Å². The van der Waals surface area contributed by atoms with Crippen LogP contribution in [0.1, 0.15) is 28.4 Å². The summed E-state index contributed by atoms with van der Waals surface area (Å²) >= 11 is 0. The molecular formula is C15H20N2O2. The highest BCUT2D eigenvalue weighted by molar-refractivity contribution is 5.95. The van der Waals surface area contributed by atoms with E-state index in [2.05, 4.69) is 11.8 Å². The van der Waals surface area contributed by atoms with Gasteiger partial charge in [-0.05, 0) is 31.5 Å². The van der Waals surface area contributed by atoms with Crippen LogP contribution in [0.15, 0.2) is 18.2 Å². The first-order valence-electron chi connectivity index (χ1n) is 6.18. The second-order valence-electron chi connectivity index (χ2n) is 4.57. The Morgan fingerprint density at radius 1 is 1.53 bits per heavy atom. The zero-order valence-corrected chi connectivity index (χ0v) is 11.6. The zero-order chi connectivity index (χ0) is 14.4. The Bertz CT molecular complexity index is 513. The number of aliphatic hydroxyl groups excluding tert-OH is 1. The maximum atomic E-state index is 12.3. The van der Waals surface area contributed by atoms with Crippen LogP contribution in [0.5, 0.6) is 0 Å². The number of amides is 1. The van der Waals surface area contributed by atoms with Crippen LogP contribution in [0.4, 0.5) is 0 Å². The molecule has 1 amide bonds. The van der Waals surface area contributed by atoms with Gasteiger partial charge in [0.2, 0.25) is 0 Å². The van der Waals surface area contributed by atoms with Crippen LogP contribution in [0.25, 0.3) is 0 Å². The van der Waals surface area contributed by atoms with Crippen LogP contribution in [0.2, 0.25) is 0 Å². The number of aliphatic hydroxyl groups is 1. The smallest absolute Gasteiger partial charge is 0.253 e. The van der Waals surface area contributed by atoms with Crippen LogP contribution < -0.4 is 5.73 Å². The Kier molecular flexibility index (Phi) is 5.56. The number of carbonyl (C=O) groups excluding carboxylic acids is 1. The van der Waals surface area contributed by atoms with Crippen LogP contribution in [0, 0.1) is 18.8 Å². The van der Waals surface area contributed by atoms with Crippen molar-refractivity contribution in [1.82, 2.24) is 4.90 Å². The lowest BCUT2D eigenvalue weighted by atomic mass is 10.0. The van der Waals surface area contributed by atoms with E-state index in [1.807, 2.05) is 19.1 Å². The van der Waals surface area contributed by atoms with E-state index in [1.54, 1.807) is 20.0 Å². The van der Waals surface area contributed by atoms with Gasteiger partial charge in [0.25, 0.3) is 5.91 Å². The Labute approximate surface area is 114 Å².